The van der Waals surface area contributed by atoms with Gasteiger partial charge in [-0.05, 0) is 35.4 Å². The Morgan fingerprint density at radius 1 is 1.00 bits per heavy atom. The molecule has 0 aliphatic rings. The number of aromatic amines is 1. The number of Topliss-reactive ketones (excluding diaryl/α,β-unsaturated/α-hetero) is 1. The number of rotatable bonds is 2. The van der Waals surface area contributed by atoms with Gasteiger partial charge in [0.2, 0.25) is 0 Å². The lowest BCUT2D eigenvalue weighted by molar-refractivity contribution is 0.101. The zero-order chi connectivity index (χ0) is 13.4. The SMILES string of the molecule is CC(=O)c1cc2ccc(-c3ccc(F)cc3)cc2[nH]1. The molecule has 1 N–H and O–H groups in total. The topological polar surface area (TPSA) is 32.9 Å². The summed E-state index contributed by atoms with van der Waals surface area (Å²) in [6.07, 6.45) is 0. The molecule has 0 spiro atoms. The van der Waals surface area contributed by atoms with Crippen LogP contribution >= 0.6 is 0 Å². The molecule has 0 saturated carbocycles. The predicted octanol–water partition coefficient (Wildman–Crippen LogP) is 4.18. The fraction of sp³-hybridized carbons (Fsp3) is 0.0625. The molecular weight excluding hydrogens is 241 g/mol. The molecule has 3 aromatic rings. The average molecular weight is 253 g/mol. The van der Waals surface area contributed by atoms with Crippen LogP contribution in [-0.4, -0.2) is 10.8 Å². The average Bonchev–Trinajstić information content (AvgIpc) is 2.82. The lowest BCUT2D eigenvalue weighted by Crippen LogP contribution is -1.89. The first-order valence-electron chi connectivity index (χ1n) is 6.03. The number of aromatic nitrogens is 1. The van der Waals surface area contributed by atoms with Crippen molar-refractivity contribution in [3.8, 4) is 11.1 Å². The fourth-order valence-corrected chi connectivity index (χ4v) is 2.14. The number of hydrogen-bond donors (Lipinski definition) is 1. The molecule has 0 amide bonds. The summed E-state index contributed by atoms with van der Waals surface area (Å²) in [5, 5.41) is 0.996. The van der Waals surface area contributed by atoms with Crippen molar-refractivity contribution in [2.24, 2.45) is 0 Å². The van der Waals surface area contributed by atoms with Gasteiger partial charge >= 0.3 is 0 Å². The van der Waals surface area contributed by atoms with Crippen LogP contribution in [0.2, 0.25) is 0 Å². The third-order valence-corrected chi connectivity index (χ3v) is 3.18. The van der Waals surface area contributed by atoms with Crippen molar-refractivity contribution in [1.82, 2.24) is 4.98 Å². The first-order chi connectivity index (χ1) is 9.13. The number of halogens is 1. The van der Waals surface area contributed by atoms with Crippen LogP contribution in [0.25, 0.3) is 22.0 Å². The summed E-state index contributed by atoms with van der Waals surface area (Å²) in [7, 11) is 0. The molecule has 0 radical (unpaired) electrons. The maximum Gasteiger partial charge on any atom is 0.175 e. The van der Waals surface area contributed by atoms with Crippen LogP contribution in [0, 0.1) is 5.82 Å². The Labute approximate surface area is 109 Å². The molecular formula is C16H12FNO. The van der Waals surface area contributed by atoms with E-state index in [0.717, 1.165) is 22.0 Å². The van der Waals surface area contributed by atoms with E-state index in [1.165, 1.54) is 19.1 Å². The van der Waals surface area contributed by atoms with Gasteiger partial charge in [-0.25, -0.2) is 4.39 Å². The highest BCUT2D eigenvalue weighted by atomic mass is 19.1. The third kappa shape index (κ3) is 2.15. The number of ketones is 1. The first kappa shape index (κ1) is 11.7. The Kier molecular flexibility index (Phi) is 2.67. The fourth-order valence-electron chi connectivity index (χ4n) is 2.14. The molecule has 0 aliphatic heterocycles. The highest BCUT2D eigenvalue weighted by Gasteiger charge is 2.06. The quantitative estimate of drug-likeness (QED) is 0.683. The van der Waals surface area contributed by atoms with Crippen LogP contribution < -0.4 is 0 Å². The Bertz CT molecular complexity index is 756. The van der Waals surface area contributed by atoms with E-state index in [-0.39, 0.29) is 11.6 Å². The van der Waals surface area contributed by atoms with Gasteiger partial charge in [0.1, 0.15) is 5.82 Å². The highest BCUT2D eigenvalue weighted by molar-refractivity contribution is 5.98. The van der Waals surface area contributed by atoms with E-state index in [4.69, 9.17) is 0 Å². The summed E-state index contributed by atoms with van der Waals surface area (Å²) in [5.41, 5.74) is 3.45. The van der Waals surface area contributed by atoms with E-state index in [2.05, 4.69) is 4.98 Å². The molecule has 19 heavy (non-hydrogen) atoms. The zero-order valence-electron chi connectivity index (χ0n) is 10.4. The van der Waals surface area contributed by atoms with Gasteiger partial charge in [-0.3, -0.25) is 4.79 Å². The van der Waals surface area contributed by atoms with E-state index in [0.29, 0.717) is 5.69 Å². The molecule has 1 heterocycles. The molecule has 0 bridgehead atoms. The van der Waals surface area contributed by atoms with Gasteiger partial charge in [-0.15, -0.1) is 0 Å². The normalized spacial score (nSPS) is 10.8. The minimum absolute atomic E-state index is 0.0135. The molecule has 0 atom stereocenters. The Morgan fingerprint density at radius 2 is 1.68 bits per heavy atom. The number of fused-ring (bicyclic) bond motifs is 1. The number of nitrogens with one attached hydrogen (secondary N) is 1. The van der Waals surface area contributed by atoms with Crippen molar-refractivity contribution in [3.05, 3.63) is 60.0 Å². The molecule has 94 valence electrons. The summed E-state index contributed by atoms with van der Waals surface area (Å²) >= 11 is 0. The smallest absolute Gasteiger partial charge is 0.175 e. The second-order valence-corrected chi connectivity index (χ2v) is 4.55. The molecule has 1 aromatic heterocycles. The molecule has 0 unspecified atom stereocenters. The van der Waals surface area contributed by atoms with Crippen LogP contribution in [0.1, 0.15) is 17.4 Å². The Hall–Kier alpha value is -2.42. The minimum atomic E-state index is -0.247. The number of hydrogen-bond acceptors (Lipinski definition) is 1. The molecule has 0 aliphatic carbocycles. The van der Waals surface area contributed by atoms with Gasteiger partial charge in [0.15, 0.2) is 5.78 Å². The largest absolute Gasteiger partial charge is 0.352 e. The van der Waals surface area contributed by atoms with Gasteiger partial charge in [0.25, 0.3) is 0 Å². The van der Waals surface area contributed by atoms with E-state index < -0.39 is 0 Å². The minimum Gasteiger partial charge on any atom is -0.352 e. The van der Waals surface area contributed by atoms with Crippen LogP contribution in [0.4, 0.5) is 4.39 Å². The van der Waals surface area contributed by atoms with Gasteiger partial charge in [0.05, 0.1) is 5.69 Å². The van der Waals surface area contributed by atoms with Crippen molar-refractivity contribution in [1.29, 1.82) is 0 Å². The molecule has 3 heteroatoms. The van der Waals surface area contributed by atoms with Crippen molar-refractivity contribution >= 4 is 16.7 Å². The highest BCUT2D eigenvalue weighted by Crippen LogP contribution is 2.25. The maximum absolute atomic E-state index is 12.9. The van der Waals surface area contributed by atoms with Crippen LogP contribution in [0.3, 0.4) is 0 Å². The Balaban J connectivity index is 2.10. The van der Waals surface area contributed by atoms with Crippen molar-refractivity contribution in [2.75, 3.05) is 0 Å². The monoisotopic (exact) mass is 253 g/mol. The van der Waals surface area contributed by atoms with Gasteiger partial charge < -0.3 is 4.98 Å². The number of benzene rings is 2. The number of carbonyl (C=O) groups excluding carboxylic acids is 1. The van der Waals surface area contributed by atoms with E-state index in [9.17, 15) is 9.18 Å². The zero-order valence-corrected chi connectivity index (χ0v) is 10.4. The lowest BCUT2D eigenvalue weighted by atomic mass is 10.0. The van der Waals surface area contributed by atoms with Gasteiger partial charge in [0, 0.05) is 17.8 Å². The molecule has 0 saturated heterocycles. The summed E-state index contributed by atoms with van der Waals surface area (Å²) < 4.78 is 12.9. The summed E-state index contributed by atoms with van der Waals surface area (Å²) in [5.74, 6) is -0.233. The standard InChI is InChI=1S/C16H12FNO/c1-10(19)15-9-13-3-2-12(8-16(13)18-15)11-4-6-14(17)7-5-11/h2-9,18H,1H3. The van der Waals surface area contributed by atoms with Crippen LogP contribution in [0.5, 0.6) is 0 Å². The molecule has 3 rings (SSSR count). The lowest BCUT2D eigenvalue weighted by Gasteiger charge is -2.01. The van der Waals surface area contributed by atoms with Gasteiger partial charge in [-0.1, -0.05) is 24.3 Å². The molecule has 2 aromatic carbocycles. The number of carbonyl (C=O) groups is 1. The van der Waals surface area contributed by atoms with Gasteiger partial charge in [-0.2, -0.15) is 0 Å². The summed E-state index contributed by atoms with van der Waals surface area (Å²) in [4.78, 5) is 14.4. The van der Waals surface area contributed by atoms with Crippen molar-refractivity contribution < 1.29 is 9.18 Å². The second kappa shape index (κ2) is 4.35. The summed E-state index contributed by atoms with van der Waals surface area (Å²) in [6.45, 7) is 1.53. The van der Waals surface area contributed by atoms with Crippen molar-refractivity contribution in [2.45, 2.75) is 6.92 Å². The van der Waals surface area contributed by atoms with E-state index in [1.807, 2.05) is 24.3 Å². The van der Waals surface area contributed by atoms with Crippen molar-refractivity contribution in [3.63, 3.8) is 0 Å². The first-order valence-corrected chi connectivity index (χ1v) is 6.03. The third-order valence-electron chi connectivity index (χ3n) is 3.18. The van der Waals surface area contributed by atoms with Crippen LogP contribution in [0.15, 0.2) is 48.5 Å². The molecule has 0 fully saturated rings. The maximum atomic E-state index is 12.9. The van der Waals surface area contributed by atoms with E-state index in [1.54, 1.807) is 12.1 Å². The number of H-pyrrole nitrogens is 1. The second-order valence-electron chi connectivity index (χ2n) is 4.55. The molecule has 2 nitrogen and oxygen atoms in total. The van der Waals surface area contributed by atoms with Crippen LogP contribution in [-0.2, 0) is 0 Å². The Morgan fingerprint density at radius 3 is 2.37 bits per heavy atom. The summed E-state index contributed by atoms with van der Waals surface area (Å²) in [6, 6.07) is 14.1. The predicted molar refractivity (Wildman–Crippen MR) is 73.7 cm³/mol. The van der Waals surface area contributed by atoms with E-state index >= 15 is 0 Å².